The first-order chi connectivity index (χ1) is 8.02. The number of benzene rings is 1. The molecular weight excluding hydrogens is 218 g/mol. The number of carbonyl (C=O) groups excluding carboxylic acids is 1. The molecule has 1 rings (SSSR count). The van der Waals surface area contributed by atoms with Crippen molar-refractivity contribution in [2.24, 2.45) is 0 Å². The summed E-state index contributed by atoms with van der Waals surface area (Å²) in [4.78, 5) is 11.8. The lowest BCUT2D eigenvalue weighted by Crippen LogP contribution is -2.17. The minimum Gasteiger partial charge on any atom is -0.459 e. The molecule has 1 aromatic carbocycles. The number of hydrogen-bond donors (Lipinski definition) is 1. The SMILES string of the molecule is COCCC(C)OC(=O)c1cc(C)cc(N)c1. The summed E-state index contributed by atoms with van der Waals surface area (Å²) >= 11 is 0. The maximum atomic E-state index is 11.8. The van der Waals surface area contributed by atoms with E-state index < -0.39 is 0 Å². The van der Waals surface area contributed by atoms with Crippen LogP contribution in [-0.2, 0) is 9.47 Å². The summed E-state index contributed by atoms with van der Waals surface area (Å²) in [6, 6.07) is 5.20. The zero-order valence-corrected chi connectivity index (χ0v) is 10.5. The number of nitrogen functional groups attached to an aromatic ring is 1. The minimum absolute atomic E-state index is 0.163. The van der Waals surface area contributed by atoms with E-state index in [1.807, 2.05) is 19.9 Å². The van der Waals surface area contributed by atoms with Gasteiger partial charge < -0.3 is 15.2 Å². The Hall–Kier alpha value is -1.55. The fraction of sp³-hybridized carbons (Fsp3) is 0.462. The van der Waals surface area contributed by atoms with Crippen LogP contribution in [0.1, 0.15) is 29.3 Å². The number of methoxy groups -OCH3 is 1. The molecule has 0 aromatic heterocycles. The van der Waals surface area contributed by atoms with Crippen molar-refractivity contribution in [3.63, 3.8) is 0 Å². The molecule has 0 saturated carbocycles. The van der Waals surface area contributed by atoms with Crippen LogP contribution in [0.2, 0.25) is 0 Å². The van der Waals surface area contributed by atoms with Gasteiger partial charge in [-0.05, 0) is 37.6 Å². The largest absolute Gasteiger partial charge is 0.459 e. The van der Waals surface area contributed by atoms with Gasteiger partial charge in [0.25, 0.3) is 0 Å². The third-order valence-electron chi connectivity index (χ3n) is 2.37. The number of carbonyl (C=O) groups is 1. The number of rotatable bonds is 5. The lowest BCUT2D eigenvalue weighted by molar-refractivity contribution is 0.0266. The lowest BCUT2D eigenvalue weighted by atomic mass is 10.1. The van der Waals surface area contributed by atoms with Crippen LogP contribution < -0.4 is 5.73 Å². The van der Waals surface area contributed by atoms with Crippen molar-refractivity contribution in [3.8, 4) is 0 Å². The van der Waals surface area contributed by atoms with E-state index in [0.717, 1.165) is 5.56 Å². The highest BCUT2D eigenvalue weighted by Crippen LogP contribution is 2.13. The van der Waals surface area contributed by atoms with Crippen LogP contribution in [0.5, 0.6) is 0 Å². The Labute approximate surface area is 102 Å². The summed E-state index contributed by atoms with van der Waals surface area (Å²) in [5.41, 5.74) is 7.69. The van der Waals surface area contributed by atoms with Crippen LogP contribution in [0.15, 0.2) is 18.2 Å². The number of hydrogen-bond acceptors (Lipinski definition) is 4. The van der Waals surface area contributed by atoms with Crippen molar-refractivity contribution in [1.29, 1.82) is 0 Å². The van der Waals surface area contributed by atoms with E-state index in [0.29, 0.717) is 24.3 Å². The van der Waals surface area contributed by atoms with E-state index >= 15 is 0 Å². The number of anilines is 1. The topological polar surface area (TPSA) is 61.5 Å². The summed E-state index contributed by atoms with van der Waals surface area (Å²) in [7, 11) is 1.62. The van der Waals surface area contributed by atoms with Gasteiger partial charge in [0, 0.05) is 25.8 Å². The Balaban J connectivity index is 2.63. The molecule has 2 N–H and O–H groups in total. The smallest absolute Gasteiger partial charge is 0.338 e. The molecule has 4 heteroatoms. The van der Waals surface area contributed by atoms with Crippen LogP contribution in [0.4, 0.5) is 5.69 Å². The van der Waals surface area contributed by atoms with Gasteiger partial charge in [0.15, 0.2) is 0 Å². The quantitative estimate of drug-likeness (QED) is 0.629. The van der Waals surface area contributed by atoms with Crippen molar-refractivity contribution >= 4 is 11.7 Å². The second kappa shape index (κ2) is 6.25. The van der Waals surface area contributed by atoms with E-state index in [1.54, 1.807) is 19.2 Å². The van der Waals surface area contributed by atoms with Gasteiger partial charge in [-0.25, -0.2) is 4.79 Å². The van der Waals surface area contributed by atoms with Gasteiger partial charge in [-0.2, -0.15) is 0 Å². The Morgan fingerprint density at radius 3 is 2.71 bits per heavy atom. The number of esters is 1. The van der Waals surface area contributed by atoms with Crippen molar-refractivity contribution in [3.05, 3.63) is 29.3 Å². The number of aryl methyl sites for hydroxylation is 1. The van der Waals surface area contributed by atoms with E-state index in [9.17, 15) is 4.79 Å². The normalized spacial score (nSPS) is 12.2. The summed E-state index contributed by atoms with van der Waals surface area (Å²) in [6.45, 7) is 4.31. The molecule has 0 fully saturated rings. The van der Waals surface area contributed by atoms with E-state index in [2.05, 4.69) is 0 Å². The fourth-order valence-electron chi connectivity index (χ4n) is 1.52. The third kappa shape index (κ3) is 4.44. The standard InChI is InChI=1S/C13H19NO3/c1-9-6-11(8-12(14)7-9)13(15)17-10(2)4-5-16-3/h6-8,10H,4-5,14H2,1-3H3. The average molecular weight is 237 g/mol. The maximum Gasteiger partial charge on any atom is 0.338 e. The summed E-state index contributed by atoms with van der Waals surface area (Å²) in [5.74, 6) is -0.344. The second-order valence-corrected chi connectivity index (χ2v) is 4.13. The third-order valence-corrected chi connectivity index (χ3v) is 2.37. The molecular formula is C13H19NO3. The van der Waals surface area contributed by atoms with Gasteiger partial charge in [-0.1, -0.05) is 0 Å². The van der Waals surface area contributed by atoms with Crippen molar-refractivity contribution < 1.29 is 14.3 Å². The molecule has 0 spiro atoms. The summed E-state index contributed by atoms with van der Waals surface area (Å²) < 4.78 is 10.2. The second-order valence-electron chi connectivity index (χ2n) is 4.13. The van der Waals surface area contributed by atoms with Crippen molar-refractivity contribution in [1.82, 2.24) is 0 Å². The molecule has 0 aliphatic heterocycles. The highest BCUT2D eigenvalue weighted by atomic mass is 16.5. The van der Waals surface area contributed by atoms with Gasteiger partial charge in [0.2, 0.25) is 0 Å². The molecule has 17 heavy (non-hydrogen) atoms. The molecule has 0 bridgehead atoms. The monoisotopic (exact) mass is 237 g/mol. The lowest BCUT2D eigenvalue weighted by Gasteiger charge is -2.13. The molecule has 0 aliphatic carbocycles. The van der Waals surface area contributed by atoms with Gasteiger partial charge in [0.05, 0.1) is 5.56 Å². The van der Waals surface area contributed by atoms with E-state index in [1.165, 1.54) is 0 Å². The molecule has 0 amide bonds. The van der Waals surface area contributed by atoms with Crippen LogP contribution in [0.25, 0.3) is 0 Å². The van der Waals surface area contributed by atoms with Crippen molar-refractivity contribution in [2.45, 2.75) is 26.4 Å². The van der Waals surface area contributed by atoms with Gasteiger partial charge in [0.1, 0.15) is 6.10 Å². The first-order valence-corrected chi connectivity index (χ1v) is 5.60. The zero-order valence-electron chi connectivity index (χ0n) is 10.5. The average Bonchev–Trinajstić information content (AvgIpc) is 2.25. The molecule has 4 nitrogen and oxygen atoms in total. The van der Waals surface area contributed by atoms with Crippen LogP contribution >= 0.6 is 0 Å². The number of nitrogens with two attached hydrogens (primary N) is 1. The first kappa shape index (κ1) is 13.5. The summed E-state index contributed by atoms with van der Waals surface area (Å²) in [6.07, 6.45) is 0.521. The molecule has 1 atom stereocenters. The minimum atomic E-state index is -0.344. The molecule has 0 saturated heterocycles. The van der Waals surface area contributed by atoms with Crippen LogP contribution in [0, 0.1) is 6.92 Å². The predicted octanol–water partition coefficient (Wildman–Crippen LogP) is 2.16. The Kier molecular flexibility index (Phi) is 4.97. The zero-order chi connectivity index (χ0) is 12.8. The summed E-state index contributed by atoms with van der Waals surface area (Å²) in [5, 5.41) is 0. The predicted molar refractivity (Wildman–Crippen MR) is 67.0 cm³/mol. The Bertz CT molecular complexity index is 370. The molecule has 0 heterocycles. The number of ether oxygens (including phenoxy) is 2. The molecule has 1 aromatic rings. The van der Waals surface area contributed by atoms with Crippen LogP contribution in [0.3, 0.4) is 0 Å². The van der Waals surface area contributed by atoms with Gasteiger partial charge in [-0.3, -0.25) is 0 Å². The van der Waals surface area contributed by atoms with Crippen LogP contribution in [-0.4, -0.2) is 25.8 Å². The molecule has 0 radical (unpaired) electrons. The molecule has 1 unspecified atom stereocenters. The van der Waals surface area contributed by atoms with E-state index in [4.69, 9.17) is 15.2 Å². The Morgan fingerprint density at radius 1 is 1.41 bits per heavy atom. The van der Waals surface area contributed by atoms with Crippen molar-refractivity contribution in [2.75, 3.05) is 19.5 Å². The van der Waals surface area contributed by atoms with E-state index in [-0.39, 0.29) is 12.1 Å². The highest BCUT2D eigenvalue weighted by Gasteiger charge is 2.12. The first-order valence-electron chi connectivity index (χ1n) is 5.60. The fourth-order valence-corrected chi connectivity index (χ4v) is 1.52. The maximum absolute atomic E-state index is 11.8. The Morgan fingerprint density at radius 2 is 2.12 bits per heavy atom. The molecule has 0 aliphatic rings. The highest BCUT2D eigenvalue weighted by molar-refractivity contribution is 5.90. The van der Waals surface area contributed by atoms with Gasteiger partial charge >= 0.3 is 5.97 Å². The van der Waals surface area contributed by atoms with Gasteiger partial charge in [-0.15, -0.1) is 0 Å². The molecule has 94 valence electrons.